The SMILES string of the molecule is COc1cc(-c2noc(Cn3cnc4cc(F)c(F)cc43)n2)ccc1OC(F)F. The number of halogens is 4. The summed E-state index contributed by atoms with van der Waals surface area (Å²) in [6.45, 7) is -2.92. The molecule has 0 atom stereocenters. The Morgan fingerprint density at radius 1 is 1.10 bits per heavy atom. The summed E-state index contributed by atoms with van der Waals surface area (Å²) in [7, 11) is 1.31. The van der Waals surface area contributed by atoms with Crippen LogP contribution in [-0.2, 0) is 6.54 Å². The first kappa shape index (κ1) is 18.7. The fraction of sp³-hybridized carbons (Fsp3) is 0.167. The average molecular weight is 408 g/mol. The predicted octanol–water partition coefficient (Wildman–Crippen LogP) is 4.02. The van der Waals surface area contributed by atoms with E-state index >= 15 is 0 Å². The summed E-state index contributed by atoms with van der Waals surface area (Å²) in [5, 5.41) is 3.85. The minimum atomic E-state index is -2.99. The molecule has 7 nitrogen and oxygen atoms in total. The smallest absolute Gasteiger partial charge is 0.387 e. The molecule has 2 heterocycles. The maximum absolute atomic E-state index is 13.5. The summed E-state index contributed by atoms with van der Waals surface area (Å²) >= 11 is 0. The molecule has 2 aromatic carbocycles. The summed E-state index contributed by atoms with van der Waals surface area (Å²) in [6.07, 6.45) is 1.40. The minimum absolute atomic E-state index is 0.0677. The van der Waals surface area contributed by atoms with E-state index in [-0.39, 0.29) is 35.3 Å². The molecular formula is C18H12F4N4O3. The Kier molecular flexibility index (Phi) is 4.79. The van der Waals surface area contributed by atoms with E-state index in [2.05, 4.69) is 19.9 Å². The summed E-state index contributed by atoms with van der Waals surface area (Å²) in [6, 6.07) is 6.23. The molecule has 0 saturated heterocycles. The van der Waals surface area contributed by atoms with E-state index in [0.29, 0.717) is 11.1 Å². The molecule has 0 saturated carbocycles. The van der Waals surface area contributed by atoms with Gasteiger partial charge in [0.1, 0.15) is 6.54 Å². The molecule has 11 heteroatoms. The van der Waals surface area contributed by atoms with E-state index < -0.39 is 18.2 Å². The van der Waals surface area contributed by atoms with Gasteiger partial charge in [0, 0.05) is 17.7 Å². The topological polar surface area (TPSA) is 75.2 Å². The second-order valence-corrected chi connectivity index (χ2v) is 5.88. The van der Waals surface area contributed by atoms with Crippen LogP contribution in [0.15, 0.2) is 41.2 Å². The van der Waals surface area contributed by atoms with Gasteiger partial charge < -0.3 is 18.6 Å². The fourth-order valence-electron chi connectivity index (χ4n) is 2.76. The van der Waals surface area contributed by atoms with E-state index in [4.69, 9.17) is 9.26 Å². The Labute approximate surface area is 160 Å². The number of alkyl halides is 2. The normalized spacial score (nSPS) is 11.4. The lowest BCUT2D eigenvalue weighted by Gasteiger charge is -2.10. The van der Waals surface area contributed by atoms with E-state index in [1.54, 1.807) is 0 Å². The molecule has 0 amide bonds. The monoisotopic (exact) mass is 408 g/mol. The zero-order chi connectivity index (χ0) is 20.5. The molecule has 4 rings (SSSR count). The Bertz CT molecular complexity index is 1180. The lowest BCUT2D eigenvalue weighted by molar-refractivity contribution is -0.0512. The third-order valence-electron chi connectivity index (χ3n) is 4.07. The maximum Gasteiger partial charge on any atom is 0.387 e. The highest BCUT2D eigenvalue weighted by atomic mass is 19.3. The van der Waals surface area contributed by atoms with Gasteiger partial charge in [-0.15, -0.1) is 0 Å². The Morgan fingerprint density at radius 3 is 2.66 bits per heavy atom. The van der Waals surface area contributed by atoms with Crippen molar-refractivity contribution in [3.8, 4) is 22.9 Å². The number of benzene rings is 2. The maximum atomic E-state index is 13.5. The van der Waals surface area contributed by atoms with Gasteiger partial charge in [-0.25, -0.2) is 13.8 Å². The molecule has 2 aromatic heterocycles. The molecule has 0 aliphatic heterocycles. The number of hydrogen-bond donors (Lipinski definition) is 0. The zero-order valence-corrected chi connectivity index (χ0v) is 14.8. The lowest BCUT2D eigenvalue weighted by Crippen LogP contribution is -2.03. The van der Waals surface area contributed by atoms with Gasteiger partial charge in [-0.1, -0.05) is 5.16 Å². The molecule has 0 spiro atoms. The number of ether oxygens (including phenoxy) is 2. The quantitative estimate of drug-likeness (QED) is 0.449. The summed E-state index contributed by atoms with van der Waals surface area (Å²) < 4.78 is 67.8. The highest BCUT2D eigenvalue weighted by Crippen LogP contribution is 2.32. The van der Waals surface area contributed by atoms with Crippen molar-refractivity contribution >= 4 is 11.0 Å². The number of aromatic nitrogens is 4. The Balaban J connectivity index is 1.60. The van der Waals surface area contributed by atoms with E-state index in [9.17, 15) is 17.6 Å². The molecule has 0 bridgehead atoms. The van der Waals surface area contributed by atoms with Crippen LogP contribution >= 0.6 is 0 Å². The average Bonchev–Trinajstić information content (AvgIpc) is 3.30. The number of fused-ring (bicyclic) bond motifs is 1. The fourth-order valence-corrected chi connectivity index (χ4v) is 2.76. The minimum Gasteiger partial charge on any atom is -0.493 e. The van der Waals surface area contributed by atoms with Gasteiger partial charge in [-0.2, -0.15) is 13.8 Å². The van der Waals surface area contributed by atoms with Crippen LogP contribution < -0.4 is 9.47 Å². The summed E-state index contributed by atoms with van der Waals surface area (Å²) in [4.78, 5) is 8.24. The predicted molar refractivity (Wildman–Crippen MR) is 91.7 cm³/mol. The van der Waals surface area contributed by atoms with Crippen molar-refractivity contribution in [3.05, 3.63) is 54.2 Å². The van der Waals surface area contributed by atoms with Crippen molar-refractivity contribution in [2.24, 2.45) is 0 Å². The van der Waals surface area contributed by atoms with Gasteiger partial charge in [-0.05, 0) is 18.2 Å². The summed E-state index contributed by atoms with van der Waals surface area (Å²) in [5.74, 6) is -1.68. The number of nitrogens with zero attached hydrogens (tertiary/aromatic N) is 4. The lowest BCUT2D eigenvalue weighted by atomic mass is 10.2. The van der Waals surface area contributed by atoms with E-state index in [0.717, 1.165) is 12.1 Å². The van der Waals surface area contributed by atoms with E-state index in [1.807, 2.05) is 0 Å². The Hall–Kier alpha value is -3.63. The van der Waals surface area contributed by atoms with Crippen LogP contribution in [0, 0.1) is 11.6 Å². The van der Waals surface area contributed by atoms with E-state index in [1.165, 1.54) is 36.2 Å². The van der Waals surface area contributed by atoms with Crippen LogP contribution in [0.5, 0.6) is 11.5 Å². The highest BCUT2D eigenvalue weighted by Gasteiger charge is 2.16. The number of methoxy groups -OCH3 is 1. The van der Waals surface area contributed by atoms with Gasteiger partial charge in [0.05, 0.1) is 24.5 Å². The third kappa shape index (κ3) is 3.71. The van der Waals surface area contributed by atoms with Gasteiger partial charge in [0.25, 0.3) is 0 Å². The molecular weight excluding hydrogens is 396 g/mol. The first-order chi connectivity index (χ1) is 13.9. The van der Waals surface area contributed by atoms with Crippen LogP contribution in [0.3, 0.4) is 0 Å². The van der Waals surface area contributed by atoms with Crippen molar-refractivity contribution in [2.45, 2.75) is 13.2 Å². The molecule has 4 aromatic rings. The second kappa shape index (κ2) is 7.41. The number of hydrogen-bond acceptors (Lipinski definition) is 6. The Morgan fingerprint density at radius 2 is 1.90 bits per heavy atom. The van der Waals surface area contributed by atoms with Crippen LogP contribution in [0.4, 0.5) is 17.6 Å². The second-order valence-electron chi connectivity index (χ2n) is 5.88. The molecule has 150 valence electrons. The third-order valence-corrected chi connectivity index (χ3v) is 4.07. The van der Waals surface area contributed by atoms with Gasteiger partial charge in [0.15, 0.2) is 23.1 Å². The van der Waals surface area contributed by atoms with Crippen molar-refractivity contribution < 1.29 is 31.6 Å². The summed E-state index contributed by atoms with van der Waals surface area (Å²) in [5.41, 5.74) is 1.09. The zero-order valence-electron chi connectivity index (χ0n) is 14.8. The van der Waals surface area contributed by atoms with Gasteiger partial charge >= 0.3 is 6.61 Å². The van der Waals surface area contributed by atoms with Crippen molar-refractivity contribution in [3.63, 3.8) is 0 Å². The number of imidazole rings is 1. The van der Waals surface area contributed by atoms with Crippen molar-refractivity contribution in [1.29, 1.82) is 0 Å². The molecule has 0 fully saturated rings. The van der Waals surface area contributed by atoms with Crippen molar-refractivity contribution in [2.75, 3.05) is 7.11 Å². The highest BCUT2D eigenvalue weighted by molar-refractivity contribution is 5.75. The largest absolute Gasteiger partial charge is 0.493 e. The van der Waals surface area contributed by atoms with Crippen molar-refractivity contribution in [1.82, 2.24) is 19.7 Å². The number of rotatable bonds is 6. The molecule has 0 unspecified atom stereocenters. The van der Waals surface area contributed by atoms with Crippen LogP contribution in [0.1, 0.15) is 5.89 Å². The first-order valence-electron chi connectivity index (χ1n) is 8.20. The van der Waals surface area contributed by atoms with Crippen LogP contribution in [-0.4, -0.2) is 33.4 Å². The first-order valence-corrected chi connectivity index (χ1v) is 8.20. The molecule has 0 aliphatic rings. The van der Waals surface area contributed by atoms with Crippen LogP contribution in [0.25, 0.3) is 22.4 Å². The van der Waals surface area contributed by atoms with Crippen LogP contribution in [0.2, 0.25) is 0 Å². The van der Waals surface area contributed by atoms with Gasteiger partial charge in [0.2, 0.25) is 11.7 Å². The standard InChI is InChI=1S/C18H12F4N4O3/c1-27-15-4-9(2-3-14(15)28-18(21)22)17-24-16(29-25-17)7-26-8-23-12-5-10(19)11(20)6-13(12)26/h2-6,8,18H,7H2,1H3. The molecule has 0 N–H and O–H groups in total. The molecule has 0 aliphatic carbocycles. The molecule has 29 heavy (non-hydrogen) atoms. The van der Waals surface area contributed by atoms with Gasteiger partial charge in [-0.3, -0.25) is 0 Å². The molecule has 0 radical (unpaired) electrons.